The van der Waals surface area contributed by atoms with E-state index in [2.05, 4.69) is 0 Å². The third kappa shape index (κ3) is 5.37. The van der Waals surface area contributed by atoms with Gasteiger partial charge in [0.05, 0.1) is 16.4 Å². The molecule has 0 unspecified atom stereocenters. The zero-order valence-electron chi connectivity index (χ0n) is 16.9. The van der Waals surface area contributed by atoms with Gasteiger partial charge in [0.2, 0.25) is 0 Å². The van der Waals surface area contributed by atoms with E-state index in [1.807, 2.05) is 36.4 Å². The summed E-state index contributed by atoms with van der Waals surface area (Å²) in [6, 6.07) is 14.6. The molecule has 0 radical (unpaired) electrons. The molecule has 1 amide bonds. The van der Waals surface area contributed by atoms with Gasteiger partial charge in [0, 0.05) is 22.3 Å². The molecule has 160 valence electrons. The van der Waals surface area contributed by atoms with Crippen LogP contribution in [0.4, 0.5) is 5.69 Å². The monoisotopic (exact) mass is 470 g/mol. The van der Waals surface area contributed by atoms with Crippen molar-refractivity contribution in [3.63, 3.8) is 0 Å². The van der Waals surface area contributed by atoms with Crippen LogP contribution in [0, 0.1) is 10.1 Å². The Morgan fingerprint density at radius 1 is 1.16 bits per heavy atom. The summed E-state index contributed by atoms with van der Waals surface area (Å²) in [5.41, 5.74) is 1.74. The number of nitro benzene ring substituents is 1. The highest BCUT2D eigenvalue weighted by Gasteiger charge is 2.32. The summed E-state index contributed by atoms with van der Waals surface area (Å²) in [6.07, 6.45) is 7.79. The van der Waals surface area contributed by atoms with Crippen LogP contribution in [0.5, 0.6) is 0 Å². The van der Waals surface area contributed by atoms with Crippen LogP contribution in [0.1, 0.15) is 43.2 Å². The number of nitrogens with zero attached hydrogens (tertiary/aromatic N) is 2. The third-order valence-electron chi connectivity index (χ3n) is 5.39. The third-order valence-corrected chi connectivity index (χ3v) is 8.20. The minimum atomic E-state index is -0.396. The van der Waals surface area contributed by atoms with E-state index < -0.39 is 4.92 Å². The van der Waals surface area contributed by atoms with E-state index >= 15 is 0 Å². The topological polar surface area (TPSA) is 63.4 Å². The van der Waals surface area contributed by atoms with E-state index in [0.717, 1.165) is 23.3 Å². The van der Waals surface area contributed by atoms with Gasteiger partial charge in [-0.2, -0.15) is 0 Å². The summed E-state index contributed by atoms with van der Waals surface area (Å²) in [5.74, 6) is -0.154. The average Bonchev–Trinajstić information content (AvgIpc) is 3.03. The van der Waals surface area contributed by atoms with Crippen LogP contribution in [-0.2, 0) is 11.3 Å². The van der Waals surface area contributed by atoms with Gasteiger partial charge in [-0.25, -0.2) is 0 Å². The lowest BCUT2D eigenvalue weighted by Gasteiger charge is -2.21. The molecule has 2 aromatic carbocycles. The Bertz CT molecular complexity index is 1030. The fraction of sp³-hybridized carbons (Fsp3) is 0.304. The zero-order chi connectivity index (χ0) is 21.8. The molecule has 5 nitrogen and oxygen atoms in total. The minimum Gasteiger partial charge on any atom is -0.288 e. The summed E-state index contributed by atoms with van der Waals surface area (Å²) in [4.78, 5) is 27.1. The van der Waals surface area contributed by atoms with Gasteiger partial charge in [-0.1, -0.05) is 73.6 Å². The quantitative estimate of drug-likeness (QED) is 0.210. The van der Waals surface area contributed by atoms with Crippen molar-refractivity contribution in [3.8, 4) is 0 Å². The first-order chi connectivity index (χ1) is 15.0. The summed E-state index contributed by atoms with van der Waals surface area (Å²) in [6.45, 7) is 0.418. The number of carbonyl (C=O) groups excluding carboxylic acids is 1. The van der Waals surface area contributed by atoms with Crippen LogP contribution < -0.4 is 0 Å². The van der Waals surface area contributed by atoms with E-state index in [4.69, 9.17) is 12.2 Å². The van der Waals surface area contributed by atoms with E-state index in [1.165, 1.54) is 31.0 Å². The molecule has 1 saturated heterocycles. The minimum absolute atomic E-state index is 0.0269. The maximum atomic E-state index is 13.1. The molecule has 0 spiro atoms. The summed E-state index contributed by atoms with van der Waals surface area (Å²) in [5, 5.41) is 11.8. The first-order valence-electron chi connectivity index (χ1n) is 10.3. The fourth-order valence-corrected chi connectivity index (χ4v) is 6.35. The lowest BCUT2D eigenvalue weighted by Crippen LogP contribution is -2.27. The lowest BCUT2D eigenvalue weighted by atomic mass is 10.0. The number of thiocarbonyl (C=S) groups is 1. The van der Waals surface area contributed by atoms with Gasteiger partial charge in [-0.15, -0.1) is 11.8 Å². The molecular formula is C23H22N2O3S3. The molecular weight excluding hydrogens is 448 g/mol. The number of carbonyl (C=O) groups is 1. The molecule has 4 rings (SSSR count). The average molecular weight is 471 g/mol. The van der Waals surface area contributed by atoms with Crippen LogP contribution in [0.3, 0.4) is 0 Å². The van der Waals surface area contributed by atoms with Crippen LogP contribution in [0.25, 0.3) is 6.08 Å². The molecule has 0 N–H and O–H groups in total. The van der Waals surface area contributed by atoms with Crippen LogP contribution in [0.15, 0.2) is 58.3 Å². The highest BCUT2D eigenvalue weighted by molar-refractivity contribution is 8.26. The number of non-ortho nitro benzene ring substituents is 1. The molecule has 2 aromatic rings. The normalized spacial score (nSPS) is 18.7. The molecule has 1 saturated carbocycles. The van der Waals surface area contributed by atoms with Gasteiger partial charge < -0.3 is 0 Å². The molecule has 2 aliphatic rings. The van der Waals surface area contributed by atoms with Crippen molar-refractivity contribution in [2.45, 2.75) is 48.8 Å². The van der Waals surface area contributed by atoms with Crippen molar-refractivity contribution in [3.05, 3.63) is 74.7 Å². The number of amides is 1. The Morgan fingerprint density at radius 2 is 1.90 bits per heavy atom. The van der Waals surface area contributed by atoms with Crippen molar-refractivity contribution in [1.29, 1.82) is 0 Å². The molecule has 0 atom stereocenters. The number of thioether (sulfide) groups is 2. The molecule has 2 fully saturated rings. The van der Waals surface area contributed by atoms with Gasteiger partial charge >= 0.3 is 0 Å². The van der Waals surface area contributed by atoms with Crippen LogP contribution in [-0.4, -0.2) is 25.3 Å². The Hall–Kier alpha value is -2.16. The molecule has 31 heavy (non-hydrogen) atoms. The van der Waals surface area contributed by atoms with Crippen molar-refractivity contribution in [2.75, 3.05) is 0 Å². The predicted octanol–water partition coefficient (Wildman–Crippen LogP) is 6.42. The standard InChI is InChI=1S/C23H22N2O3S3/c26-22-21(31-23(29)24(22)15-16-7-3-1-4-8-16)14-17-13-18(25(27)28)11-12-20(17)30-19-9-5-2-6-10-19/h1,3-4,7-8,11-14,19H,2,5-6,9-10,15H2/b21-14+. The maximum Gasteiger partial charge on any atom is 0.270 e. The lowest BCUT2D eigenvalue weighted by molar-refractivity contribution is -0.384. The first-order valence-corrected chi connectivity index (χ1v) is 12.4. The first kappa shape index (κ1) is 22.0. The van der Waals surface area contributed by atoms with Gasteiger partial charge in [0.15, 0.2) is 0 Å². The maximum absolute atomic E-state index is 13.1. The van der Waals surface area contributed by atoms with E-state index in [-0.39, 0.29) is 11.6 Å². The summed E-state index contributed by atoms with van der Waals surface area (Å²) < 4.78 is 0.506. The second-order valence-corrected chi connectivity index (χ2v) is 10.6. The fourth-order valence-electron chi connectivity index (χ4n) is 3.78. The second-order valence-electron chi connectivity index (χ2n) is 7.61. The Kier molecular flexibility index (Phi) is 7.09. The molecule has 8 heteroatoms. The second kappa shape index (κ2) is 9.97. The van der Waals surface area contributed by atoms with Gasteiger partial charge in [-0.05, 0) is 36.1 Å². The Balaban J connectivity index is 1.61. The van der Waals surface area contributed by atoms with Gasteiger partial charge in [-0.3, -0.25) is 19.8 Å². The van der Waals surface area contributed by atoms with Gasteiger partial charge in [0.1, 0.15) is 4.32 Å². The summed E-state index contributed by atoms with van der Waals surface area (Å²) in [7, 11) is 0. The van der Waals surface area contributed by atoms with Crippen LogP contribution >= 0.6 is 35.7 Å². The SMILES string of the molecule is O=C1/C(=C\c2cc([N+](=O)[O-])ccc2SC2CCCCC2)SC(=S)N1Cc1ccccc1. The molecule has 0 bridgehead atoms. The smallest absolute Gasteiger partial charge is 0.270 e. The largest absolute Gasteiger partial charge is 0.288 e. The zero-order valence-corrected chi connectivity index (χ0v) is 19.3. The number of hydrogen-bond donors (Lipinski definition) is 0. The highest BCUT2D eigenvalue weighted by Crippen LogP contribution is 2.39. The molecule has 1 aliphatic carbocycles. The van der Waals surface area contributed by atoms with E-state index in [0.29, 0.717) is 26.6 Å². The van der Waals surface area contributed by atoms with Crippen molar-refractivity contribution in [1.82, 2.24) is 4.90 Å². The van der Waals surface area contributed by atoms with Crippen molar-refractivity contribution >= 4 is 57.7 Å². The molecule has 0 aromatic heterocycles. The number of nitro groups is 1. The van der Waals surface area contributed by atoms with Crippen molar-refractivity contribution < 1.29 is 9.72 Å². The highest BCUT2D eigenvalue weighted by atomic mass is 32.2. The van der Waals surface area contributed by atoms with Crippen LogP contribution in [0.2, 0.25) is 0 Å². The van der Waals surface area contributed by atoms with Crippen molar-refractivity contribution in [2.24, 2.45) is 0 Å². The molecule has 1 heterocycles. The number of hydrogen-bond acceptors (Lipinski definition) is 6. The molecule has 1 aliphatic heterocycles. The van der Waals surface area contributed by atoms with Gasteiger partial charge in [0.25, 0.3) is 11.6 Å². The van der Waals surface area contributed by atoms with E-state index in [1.54, 1.807) is 34.9 Å². The Labute approximate surface area is 195 Å². The number of benzene rings is 2. The number of rotatable bonds is 6. The van der Waals surface area contributed by atoms with E-state index in [9.17, 15) is 14.9 Å². The summed E-state index contributed by atoms with van der Waals surface area (Å²) >= 11 is 8.48. The predicted molar refractivity (Wildman–Crippen MR) is 131 cm³/mol. The Morgan fingerprint density at radius 3 is 2.61 bits per heavy atom.